The summed E-state index contributed by atoms with van der Waals surface area (Å²) < 4.78 is 5.61. The van der Waals surface area contributed by atoms with Crippen LogP contribution < -0.4 is 10.2 Å². The molecule has 1 aliphatic carbocycles. The van der Waals surface area contributed by atoms with E-state index in [4.69, 9.17) is 4.42 Å². The third kappa shape index (κ3) is 2.78. The zero-order chi connectivity index (χ0) is 13.1. The van der Waals surface area contributed by atoms with Crippen molar-refractivity contribution >= 4 is 6.01 Å². The summed E-state index contributed by atoms with van der Waals surface area (Å²) in [7, 11) is 1.93. The van der Waals surface area contributed by atoms with Crippen molar-refractivity contribution in [3.05, 3.63) is 12.0 Å². The largest absolute Gasteiger partial charge is 0.432 e. The van der Waals surface area contributed by atoms with E-state index >= 15 is 0 Å². The normalized spacial score (nSPS) is 22.9. The van der Waals surface area contributed by atoms with Gasteiger partial charge in [-0.2, -0.15) is 4.98 Å². The molecule has 0 bridgehead atoms. The summed E-state index contributed by atoms with van der Waals surface area (Å²) in [4.78, 5) is 6.87. The van der Waals surface area contributed by atoms with E-state index < -0.39 is 0 Å². The van der Waals surface area contributed by atoms with Crippen molar-refractivity contribution in [1.29, 1.82) is 0 Å². The van der Waals surface area contributed by atoms with Gasteiger partial charge in [0.05, 0.1) is 5.69 Å². The van der Waals surface area contributed by atoms with Gasteiger partial charge in [-0.05, 0) is 38.1 Å². The summed E-state index contributed by atoms with van der Waals surface area (Å²) in [5.41, 5.74) is 1.64. The molecule has 1 aromatic rings. The number of anilines is 1. The fraction of sp³-hybridized carbons (Fsp3) is 0.800. The molecule has 0 radical (unpaired) electrons. The van der Waals surface area contributed by atoms with E-state index in [9.17, 15) is 0 Å². The minimum atomic E-state index is 0.648. The predicted octanol–water partition coefficient (Wildman–Crippen LogP) is 2.94. The number of oxazole rings is 1. The average Bonchev–Trinajstić information content (AvgIpc) is 2.90. The lowest BCUT2D eigenvalue weighted by Gasteiger charge is -2.43. The number of nitrogens with zero attached hydrogens (tertiary/aromatic N) is 2. The Balaban J connectivity index is 1.59. The van der Waals surface area contributed by atoms with E-state index in [0.717, 1.165) is 31.3 Å². The van der Waals surface area contributed by atoms with Crippen LogP contribution in [0.25, 0.3) is 0 Å². The summed E-state index contributed by atoms with van der Waals surface area (Å²) in [6.45, 7) is 3.00. The Labute approximate surface area is 115 Å². The molecule has 1 saturated carbocycles. The first-order valence-electron chi connectivity index (χ1n) is 7.65. The number of hydrogen-bond acceptors (Lipinski definition) is 4. The molecular weight excluding hydrogens is 238 g/mol. The average molecular weight is 263 g/mol. The molecule has 2 fully saturated rings. The lowest BCUT2D eigenvalue weighted by Crippen LogP contribution is -2.41. The van der Waals surface area contributed by atoms with Crippen LogP contribution in [-0.2, 0) is 6.54 Å². The third-order valence-corrected chi connectivity index (χ3v) is 4.91. The van der Waals surface area contributed by atoms with Crippen LogP contribution in [0.3, 0.4) is 0 Å². The van der Waals surface area contributed by atoms with Crippen molar-refractivity contribution in [1.82, 2.24) is 10.3 Å². The molecule has 19 heavy (non-hydrogen) atoms. The van der Waals surface area contributed by atoms with Gasteiger partial charge in [0.1, 0.15) is 6.26 Å². The van der Waals surface area contributed by atoms with E-state index in [1.165, 1.54) is 44.9 Å². The molecule has 4 heteroatoms. The van der Waals surface area contributed by atoms with Gasteiger partial charge < -0.3 is 14.6 Å². The molecule has 1 N–H and O–H groups in total. The second kappa shape index (κ2) is 5.53. The van der Waals surface area contributed by atoms with Gasteiger partial charge in [0.2, 0.25) is 0 Å². The van der Waals surface area contributed by atoms with Gasteiger partial charge >= 0.3 is 0 Å². The van der Waals surface area contributed by atoms with Crippen LogP contribution in [0.2, 0.25) is 0 Å². The number of rotatable bonds is 3. The summed E-state index contributed by atoms with van der Waals surface area (Å²) in [5, 5.41) is 3.11. The van der Waals surface area contributed by atoms with Gasteiger partial charge in [-0.25, -0.2) is 0 Å². The minimum absolute atomic E-state index is 0.648. The highest BCUT2D eigenvalue weighted by Gasteiger charge is 2.36. The molecule has 0 amide bonds. The van der Waals surface area contributed by atoms with E-state index in [1.54, 1.807) is 6.26 Å². The van der Waals surface area contributed by atoms with E-state index in [0.29, 0.717) is 5.41 Å². The fourth-order valence-corrected chi connectivity index (χ4v) is 3.68. The lowest BCUT2D eigenvalue weighted by atomic mass is 9.68. The first-order chi connectivity index (χ1) is 9.31. The molecule has 1 aromatic heterocycles. The Morgan fingerprint density at radius 3 is 2.63 bits per heavy atom. The monoisotopic (exact) mass is 263 g/mol. The zero-order valence-corrected chi connectivity index (χ0v) is 12.0. The first-order valence-corrected chi connectivity index (χ1v) is 7.65. The molecule has 3 rings (SSSR count). The Morgan fingerprint density at radius 1 is 1.21 bits per heavy atom. The van der Waals surface area contributed by atoms with Gasteiger partial charge in [-0.3, -0.25) is 0 Å². The molecule has 1 saturated heterocycles. The Morgan fingerprint density at radius 2 is 1.95 bits per heavy atom. The van der Waals surface area contributed by atoms with Crippen LogP contribution in [0.5, 0.6) is 0 Å². The smallest absolute Gasteiger partial charge is 0.297 e. The van der Waals surface area contributed by atoms with E-state index in [1.807, 2.05) is 7.05 Å². The van der Waals surface area contributed by atoms with Gasteiger partial charge in [-0.1, -0.05) is 19.3 Å². The van der Waals surface area contributed by atoms with E-state index in [2.05, 4.69) is 15.2 Å². The van der Waals surface area contributed by atoms with Crippen LogP contribution in [0, 0.1) is 5.41 Å². The summed E-state index contributed by atoms with van der Waals surface area (Å²) in [5.74, 6) is 0. The lowest BCUT2D eigenvalue weighted by molar-refractivity contribution is 0.142. The van der Waals surface area contributed by atoms with E-state index in [-0.39, 0.29) is 0 Å². The highest BCUT2D eigenvalue weighted by molar-refractivity contribution is 5.28. The highest BCUT2D eigenvalue weighted by atomic mass is 16.4. The molecule has 0 aromatic carbocycles. The number of aromatic nitrogens is 1. The molecule has 4 nitrogen and oxygen atoms in total. The third-order valence-electron chi connectivity index (χ3n) is 4.91. The molecular formula is C15H25N3O. The predicted molar refractivity (Wildman–Crippen MR) is 76.2 cm³/mol. The second-order valence-corrected chi connectivity index (χ2v) is 6.20. The van der Waals surface area contributed by atoms with Gasteiger partial charge in [0.25, 0.3) is 6.01 Å². The second-order valence-electron chi connectivity index (χ2n) is 6.20. The Hall–Kier alpha value is -1.03. The molecule has 1 aliphatic heterocycles. The van der Waals surface area contributed by atoms with Crippen molar-refractivity contribution in [3.63, 3.8) is 0 Å². The molecule has 106 valence electrons. The SMILES string of the molecule is CNCc1coc(N2CCC3(CCCCC3)CC2)n1. The fourth-order valence-electron chi connectivity index (χ4n) is 3.68. The Kier molecular flexibility index (Phi) is 3.78. The van der Waals surface area contributed by atoms with Crippen molar-refractivity contribution in [2.75, 3.05) is 25.0 Å². The van der Waals surface area contributed by atoms with Gasteiger partial charge in [-0.15, -0.1) is 0 Å². The van der Waals surface area contributed by atoms with Crippen LogP contribution in [-0.4, -0.2) is 25.1 Å². The molecule has 0 unspecified atom stereocenters. The highest BCUT2D eigenvalue weighted by Crippen LogP contribution is 2.44. The van der Waals surface area contributed by atoms with Gasteiger partial charge in [0.15, 0.2) is 0 Å². The minimum Gasteiger partial charge on any atom is -0.432 e. The Bertz CT molecular complexity index is 399. The van der Waals surface area contributed by atoms with Crippen LogP contribution in [0.4, 0.5) is 6.01 Å². The number of piperidine rings is 1. The summed E-state index contributed by atoms with van der Waals surface area (Å²) >= 11 is 0. The molecule has 2 aliphatic rings. The summed E-state index contributed by atoms with van der Waals surface area (Å²) in [6.07, 6.45) is 11.6. The van der Waals surface area contributed by atoms with Crippen molar-refractivity contribution in [3.8, 4) is 0 Å². The maximum Gasteiger partial charge on any atom is 0.297 e. The van der Waals surface area contributed by atoms with Crippen molar-refractivity contribution < 1.29 is 4.42 Å². The molecule has 0 atom stereocenters. The molecule has 1 spiro atoms. The standard InChI is InChI=1S/C15H25N3O/c1-16-11-13-12-19-14(17-13)18-9-7-15(8-10-18)5-3-2-4-6-15/h12,16H,2-11H2,1H3. The maximum absolute atomic E-state index is 5.61. The van der Waals surface area contributed by atoms with Crippen molar-refractivity contribution in [2.24, 2.45) is 5.41 Å². The maximum atomic E-state index is 5.61. The van der Waals surface area contributed by atoms with Gasteiger partial charge in [0, 0.05) is 19.6 Å². The van der Waals surface area contributed by atoms with Crippen LogP contribution in [0.15, 0.2) is 10.7 Å². The summed E-state index contributed by atoms with van der Waals surface area (Å²) in [6, 6.07) is 0.816. The van der Waals surface area contributed by atoms with Crippen LogP contribution in [0.1, 0.15) is 50.6 Å². The first kappa shape index (κ1) is 13.0. The molecule has 2 heterocycles. The number of nitrogens with one attached hydrogen (secondary N) is 1. The van der Waals surface area contributed by atoms with Crippen LogP contribution >= 0.6 is 0 Å². The topological polar surface area (TPSA) is 41.3 Å². The quantitative estimate of drug-likeness (QED) is 0.910. The van der Waals surface area contributed by atoms with Crippen molar-refractivity contribution in [2.45, 2.75) is 51.5 Å². The number of hydrogen-bond donors (Lipinski definition) is 1. The zero-order valence-electron chi connectivity index (χ0n) is 12.0.